The molecule has 0 aromatic heterocycles. The molecule has 0 radical (unpaired) electrons. The van der Waals surface area contributed by atoms with Gasteiger partial charge < -0.3 is 9.84 Å². The molecule has 0 heterocycles. The van der Waals surface area contributed by atoms with Crippen molar-refractivity contribution < 1.29 is 23.0 Å². The minimum atomic E-state index is -1.79. The van der Waals surface area contributed by atoms with Crippen LogP contribution in [0.4, 0.5) is 13.2 Å². The predicted octanol–water partition coefficient (Wildman–Crippen LogP) is 3.50. The maximum Gasteiger partial charge on any atom is 0.135 e. The lowest BCUT2D eigenvalue weighted by molar-refractivity contribution is 0.198. The summed E-state index contributed by atoms with van der Waals surface area (Å²) in [5.41, 5.74) is -0.720. The summed E-state index contributed by atoms with van der Waals surface area (Å²) in [4.78, 5) is 0. The van der Waals surface area contributed by atoms with E-state index in [9.17, 15) is 18.3 Å². The molecule has 0 fully saturated rings. The van der Waals surface area contributed by atoms with Gasteiger partial charge in [-0.1, -0.05) is 12.1 Å². The van der Waals surface area contributed by atoms with E-state index in [0.717, 1.165) is 12.1 Å². The molecule has 0 spiro atoms. The highest BCUT2D eigenvalue weighted by molar-refractivity contribution is 5.43. The lowest BCUT2D eigenvalue weighted by Gasteiger charge is -2.17. The van der Waals surface area contributed by atoms with Crippen LogP contribution in [0.2, 0.25) is 0 Å². The van der Waals surface area contributed by atoms with Gasteiger partial charge in [0.1, 0.15) is 29.3 Å². The van der Waals surface area contributed by atoms with Gasteiger partial charge in [-0.3, -0.25) is 0 Å². The Bertz CT molecular complexity index is 641. The first-order chi connectivity index (χ1) is 9.47. The van der Waals surface area contributed by atoms with E-state index < -0.39 is 29.1 Å². The molecular formula is C15H13F3O2. The Labute approximate surface area is 114 Å². The molecule has 0 saturated carbocycles. The first-order valence-electron chi connectivity index (χ1n) is 5.92. The van der Waals surface area contributed by atoms with Crippen LogP contribution in [0, 0.1) is 24.4 Å². The summed E-state index contributed by atoms with van der Waals surface area (Å²) in [5, 5.41) is 10.2. The zero-order valence-electron chi connectivity index (χ0n) is 11.0. The van der Waals surface area contributed by atoms with Gasteiger partial charge in [0.05, 0.1) is 18.2 Å². The fourth-order valence-corrected chi connectivity index (χ4v) is 2.03. The third kappa shape index (κ3) is 2.36. The van der Waals surface area contributed by atoms with Crippen molar-refractivity contribution in [2.45, 2.75) is 13.0 Å². The van der Waals surface area contributed by atoms with Gasteiger partial charge in [0.25, 0.3) is 0 Å². The number of benzene rings is 2. The van der Waals surface area contributed by atoms with Crippen molar-refractivity contribution >= 4 is 0 Å². The fourth-order valence-electron chi connectivity index (χ4n) is 2.03. The number of hydrogen-bond acceptors (Lipinski definition) is 2. The molecule has 1 unspecified atom stereocenters. The molecule has 20 heavy (non-hydrogen) atoms. The monoisotopic (exact) mass is 282 g/mol. The number of halogens is 3. The Balaban J connectivity index is 2.64. The summed E-state index contributed by atoms with van der Waals surface area (Å²) in [6.45, 7) is 1.43. The van der Waals surface area contributed by atoms with Crippen LogP contribution < -0.4 is 4.74 Å². The van der Waals surface area contributed by atoms with Crippen LogP contribution in [0.15, 0.2) is 30.3 Å². The van der Waals surface area contributed by atoms with E-state index in [2.05, 4.69) is 0 Å². The lowest BCUT2D eigenvalue weighted by atomic mass is 9.97. The van der Waals surface area contributed by atoms with E-state index in [4.69, 9.17) is 4.74 Å². The largest absolute Gasteiger partial charge is 0.496 e. The molecular weight excluding hydrogens is 269 g/mol. The Morgan fingerprint density at radius 1 is 1.00 bits per heavy atom. The van der Waals surface area contributed by atoms with Crippen molar-refractivity contribution in [3.05, 3.63) is 64.5 Å². The van der Waals surface area contributed by atoms with Gasteiger partial charge >= 0.3 is 0 Å². The summed E-state index contributed by atoms with van der Waals surface area (Å²) < 4.78 is 46.6. The zero-order chi connectivity index (χ0) is 14.9. The van der Waals surface area contributed by atoms with Crippen LogP contribution in [-0.2, 0) is 0 Å². The molecule has 106 valence electrons. The second-order valence-electron chi connectivity index (χ2n) is 4.35. The Morgan fingerprint density at radius 3 is 2.30 bits per heavy atom. The molecule has 2 aromatic carbocycles. The minimum absolute atomic E-state index is 0.0257. The van der Waals surface area contributed by atoms with Crippen LogP contribution >= 0.6 is 0 Å². The summed E-state index contributed by atoms with van der Waals surface area (Å²) >= 11 is 0. The molecule has 1 N–H and O–H groups in total. The van der Waals surface area contributed by atoms with E-state index in [1.165, 1.54) is 32.2 Å². The fraction of sp³-hybridized carbons (Fsp3) is 0.200. The molecule has 2 rings (SSSR count). The Kier molecular flexibility index (Phi) is 3.99. The first kappa shape index (κ1) is 14.4. The minimum Gasteiger partial charge on any atom is -0.496 e. The highest BCUT2D eigenvalue weighted by Gasteiger charge is 2.26. The molecule has 2 aromatic rings. The topological polar surface area (TPSA) is 29.5 Å². The molecule has 2 nitrogen and oxygen atoms in total. The summed E-state index contributed by atoms with van der Waals surface area (Å²) in [6.07, 6.45) is -1.79. The third-order valence-corrected chi connectivity index (χ3v) is 3.10. The van der Waals surface area contributed by atoms with E-state index in [1.807, 2.05) is 0 Å². The number of aryl methyl sites for hydroxylation is 1. The smallest absolute Gasteiger partial charge is 0.135 e. The molecule has 0 aliphatic heterocycles. The van der Waals surface area contributed by atoms with Crippen molar-refractivity contribution in [3.8, 4) is 5.75 Å². The number of ether oxygens (including phenoxy) is 1. The van der Waals surface area contributed by atoms with Crippen molar-refractivity contribution in [3.63, 3.8) is 0 Å². The molecule has 0 bridgehead atoms. The molecule has 0 aliphatic carbocycles. The normalized spacial score (nSPS) is 12.3. The molecule has 0 saturated heterocycles. The summed E-state index contributed by atoms with van der Waals surface area (Å²) in [5.74, 6) is -2.61. The van der Waals surface area contributed by atoms with Crippen molar-refractivity contribution in [1.29, 1.82) is 0 Å². The number of rotatable bonds is 3. The van der Waals surface area contributed by atoms with Crippen LogP contribution in [0.25, 0.3) is 0 Å². The SMILES string of the molecule is COc1cccc(F)c1C(O)c1c(F)ccc(C)c1F. The molecule has 0 aliphatic rings. The van der Waals surface area contributed by atoms with Gasteiger partial charge in [0.15, 0.2) is 0 Å². The standard InChI is InChI=1S/C15H13F3O2/c1-8-6-7-10(17)13(14(8)18)15(19)12-9(16)4-3-5-11(12)20-2/h3-7,15,19H,1-2H3. The third-order valence-electron chi connectivity index (χ3n) is 3.10. The van der Waals surface area contributed by atoms with Crippen molar-refractivity contribution in [1.82, 2.24) is 0 Å². The highest BCUT2D eigenvalue weighted by Crippen LogP contribution is 2.35. The number of methoxy groups -OCH3 is 1. The van der Waals surface area contributed by atoms with Crippen LogP contribution in [0.3, 0.4) is 0 Å². The van der Waals surface area contributed by atoms with Gasteiger partial charge in [-0.05, 0) is 30.7 Å². The first-order valence-corrected chi connectivity index (χ1v) is 5.92. The quantitative estimate of drug-likeness (QED) is 0.933. The lowest BCUT2D eigenvalue weighted by Crippen LogP contribution is -2.10. The average molecular weight is 282 g/mol. The van der Waals surface area contributed by atoms with E-state index in [-0.39, 0.29) is 16.9 Å². The van der Waals surface area contributed by atoms with Crippen molar-refractivity contribution in [2.24, 2.45) is 0 Å². The number of aliphatic hydroxyl groups excluding tert-OH is 1. The van der Waals surface area contributed by atoms with Crippen LogP contribution in [0.1, 0.15) is 22.8 Å². The van der Waals surface area contributed by atoms with E-state index >= 15 is 0 Å². The van der Waals surface area contributed by atoms with E-state index in [1.54, 1.807) is 0 Å². The van der Waals surface area contributed by atoms with Gasteiger partial charge in [-0.2, -0.15) is 0 Å². The maximum atomic E-state index is 14.0. The summed E-state index contributed by atoms with van der Waals surface area (Å²) in [6, 6.07) is 6.16. The van der Waals surface area contributed by atoms with Crippen molar-refractivity contribution in [2.75, 3.05) is 7.11 Å². The molecule has 1 atom stereocenters. The number of aliphatic hydroxyl groups is 1. The molecule has 0 amide bonds. The molecule has 5 heteroatoms. The average Bonchev–Trinajstić information content (AvgIpc) is 2.42. The van der Waals surface area contributed by atoms with Gasteiger partial charge in [0.2, 0.25) is 0 Å². The Hall–Kier alpha value is -2.01. The van der Waals surface area contributed by atoms with Crippen LogP contribution in [-0.4, -0.2) is 12.2 Å². The van der Waals surface area contributed by atoms with Gasteiger partial charge in [-0.25, -0.2) is 13.2 Å². The van der Waals surface area contributed by atoms with E-state index in [0.29, 0.717) is 0 Å². The maximum absolute atomic E-state index is 14.0. The predicted molar refractivity (Wildman–Crippen MR) is 68.1 cm³/mol. The number of hydrogen-bond donors (Lipinski definition) is 1. The van der Waals surface area contributed by atoms with Gasteiger partial charge in [-0.15, -0.1) is 0 Å². The second kappa shape index (κ2) is 5.54. The summed E-state index contributed by atoms with van der Waals surface area (Å²) in [7, 11) is 1.29. The second-order valence-corrected chi connectivity index (χ2v) is 4.35. The Morgan fingerprint density at radius 2 is 1.65 bits per heavy atom. The highest BCUT2D eigenvalue weighted by atomic mass is 19.1. The van der Waals surface area contributed by atoms with Crippen LogP contribution in [0.5, 0.6) is 5.75 Å². The zero-order valence-corrected chi connectivity index (χ0v) is 11.0. The van der Waals surface area contributed by atoms with Gasteiger partial charge in [0, 0.05) is 0 Å².